The molecule has 0 N–H and O–H groups in total. The van der Waals surface area contributed by atoms with Crippen molar-refractivity contribution in [3.63, 3.8) is 0 Å². The zero-order chi connectivity index (χ0) is 55.9. The molecule has 0 aliphatic rings. The number of hydrogen-bond donors (Lipinski definition) is 0. The monoisotopic (exact) mass is 1100 g/mol. The Morgan fingerprint density at radius 1 is 0.233 bits per heavy atom. The fourth-order valence-electron chi connectivity index (χ4n) is 14.8. The summed E-state index contributed by atoms with van der Waals surface area (Å²) in [7, 11) is 0. The molecule has 0 unspecified atom stereocenters. The summed E-state index contributed by atoms with van der Waals surface area (Å²) in [6, 6.07) is 99.3. The Balaban J connectivity index is 0.796. The van der Waals surface area contributed by atoms with Gasteiger partial charge in [-0.1, -0.05) is 158 Å². The first-order chi connectivity index (χ1) is 42.6. The van der Waals surface area contributed by atoms with Gasteiger partial charge < -0.3 is 27.5 Å². The summed E-state index contributed by atoms with van der Waals surface area (Å²) in [5, 5.41) is 23.2. The van der Waals surface area contributed by atoms with Crippen molar-refractivity contribution >= 4 is 192 Å². The van der Waals surface area contributed by atoms with Crippen LogP contribution in [0.3, 0.4) is 0 Å². The number of para-hydroxylation sites is 3. The predicted molar refractivity (Wildman–Crippen MR) is 360 cm³/mol. The van der Waals surface area contributed by atoms with Crippen molar-refractivity contribution < 1.29 is 13.3 Å². The minimum Gasteiger partial charge on any atom is -0.456 e. The van der Waals surface area contributed by atoms with Crippen molar-refractivity contribution in [1.82, 2.24) is 4.40 Å². The number of nitrogens with zero attached hydrogens (tertiary/aromatic N) is 3. The maximum atomic E-state index is 7.24. The Bertz CT molecular complexity index is 6320. The van der Waals surface area contributed by atoms with Crippen LogP contribution in [0.5, 0.6) is 0 Å². The third-order valence-electron chi connectivity index (χ3n) is 18.6. The summed E-state index contributed by atoms with van der Waals surface area (Å²) in [5.41, 5.74) is 15.0. The van der Waals surface area contributed by atoms with Gasteiger partial charge in [0, 0.05) is 99.1 Å². The van der Waals surface area contributed by atoms with E-state index in [0.717, 1.165) is 122 Å². The number of fused-ring (bicyclic) bond motifs is 24. The molecule has 20 aromatic rings. The second kappa shape index (κ2) is 17.0. The molecule has 5 heterocycles. The van der Waals surface area contributed by atoms with Gasteiger partial charge in [-0.3, -0.25) is 0 Å². The van der Waals surface area contributed by atoms with E-state index >= 15 is 0 Å². The number of rotatable bonds is 6. The van der Waals surface area contributed by atoms with E-state index in [1.54, 1.807) is 0 Å². The standard InChI is InChI=1S/C80H45N3O3/c1-3-13-55-46(11-1)21-23-48-25-27-50(41-66(48)55)81(51-30-39-74-68(43-51)57-15-6-9-19-72(57)84-74)54-29-32-59-63-35-34-62-64(80(63)86-76(59)45-54)36-33-60-61-37-38-71(77-65-17-5-8-18-70(65)83(78(60)62)79(61)77)82(53-31-40-75-69(44-53)58-16-7-10-20-73(58)85-75)52-28-26-49-24-22-47-12-2-4-14-56(47)67(49)42-52/h1-45H. The zero-order valence-electron chi connectivity index (χ0n) is 46.0. The maximum absolute atomic E-state index is 7.24. The summed E-state index contributed by atoms with van der Waals surface area (Å²) in [6.45, 7) is 0. The van der Waals surface area contributed by atoms with Gasteiger partial charge in [0.05, 0.1) is 22.2 Å². The average molecular weight is 1100 g/mol. The van der Waals surface area contributed by atoms with E-state index in [-0.39, 0.29) is 0 Å². The first kappa shape index (κ1) is 45.9. The minimum atomic E-state index is 0.821. The molecule has 398 valence electrons. The topological polar surface area (TPSA) is 50.3 Å². The van der Waals surface area contributed by atoms with Crippen LogP contribution in [0, 0.1) is 0 Å². The van der Waals surface area contributed by atoms with Gasteiger partial charge in [-0.15, -0.1) is 0 Å². The van der Waals surface area contributed by atoms with Crippen LogP contribution in [0.15, 0.2) is 286 Å². The summed E-state index contributed by atoms with van der Waals surface area (Å²) in [4.78, 5) is 4.82. The molecule has 0 saturated heterocycles. The highest BCUT2D eigenvalue weighted by atomic mass is 16.3. The van der Waals surface area contributed by atoms with Crippen molar-refractivity contribution in [2.75, 3.05) is 9.80 Å². The van der Waals surface area contributed by atoms with E-state index in [9.17, 15) is 0 Å². The highest BCUT2D eigenvalue weighted by Crippen LogP contribution is 2.51. The molecule has 5 aromatic heterocycles. The number of hydrogen-bond acceptors (Lipinski definition) is 5. The lowest BCUT2D eigenvalue weighted by molar-refractivity contribution is 0.668. The highest BCUT2D eigenvalue weighted by Gasteiger charge is 2.27. The van der Waals surface area contributed by atoms with Crippen LogP contribution in [-0.2, 0) is 0 Å². The van der Waals surface area contributed by atoms with Gasteiger partial charge in [0.1, 0.15) is 33.5 Å². The van der Waals surface area contributed by atoms with E-state index in [2.05, 4.69) is 269 Å². The predicted octanol–water partition coefficient (Wildman–Crippen LogP) is 23.2. The fourth-order valence-corrected chi connectivity index (χ4v) is 14.8. The van der Waals surface area contributed by atoms with E-state index < -0.39 is 0 Å². The molecule has 6 heteroatoms. The van der Waals surface area contributed by atoms with Crippen molar-refractivity contribution in [2.45, 2.75) is 0 Å². The fraction of sp³-hybridized carbons (Fsp3) is 0. The molecule has 0 amide bonds. The molecule has 86 heavy (non-hydrogen) atoms. The Morgan fingerprint density at radius 3 is 1.26 bits per heavy atom. The van der Waals surface area contributed by atoms with Gasteiger partial charge in [-0.25, -0.2) is 0 Å². The molecule has 0 saturated carbocycles. The van der Waals surface area contributed by atoms with Crippen molar-refractivity contribution in [1.29, 1.82) is 0 Å². The van der Waals surface area contributed by atoms with Gasteiger partial charge in [-0.2, -0.15) is 0 Å². The summed E-state index contributed by atoms with van der Waals surface area (Å²) < 4.78 is 22.6. The van der Waals surface area contributed by atoms with Crippen LogP contribution in [0.4, 0.5) is 34.1 Å². The minimum absolute atomic E-state index is 0.821. The first-order valence-corrected chi connectivity index (χ1v) is 29.4. The Hall–Kier alpha value is -11.6. The van der Waals surface area contributed by atoms with Gasteiger partial charge in [0.2, 0.25) is 0 Å². The number of furan rings is 3. The molecule has 0 fully saturated rings. The SMILES string of the molecule is c1ccc2c(c1)ccc1ccc(N(c3ccc4c(c3)oc3c4ccc4c3ccc3c5ccc(N(c6ccc7ccc8ccccc8c7c6)c6ccc7oc8ccccc8c7c6)c6c7ccccc7n(c43)c56)c3ccc4oc5ccccc5c4c3)cc12. The van der Waals surface area contributed by atoms with E-state index in [1.165, 1.54) is 70.2 Å². The van der Waals surface area contributed by atoms with Gasteiger partial charge in [-0.05, 0) is 152 Å². The Labute approximate surface area is 489 Å². The Kier molecular flexibility index (Phi) is 9.09. The van der Waals surface area contributed by atoms with E-state index in [4.69, 9.17) is 13.3 Å². The van der Waals surface area contributed by atoms with Gasteiger partial charge in [0.15, 0.2) is 0 Å². The van der Waals surface area contributed by atoms with Crippen molar-refractivity contribution in [3.05, 3.63) is 273 Å². The first-order valence-electron chi connectivity index (χ1n) is 29.4. The molecule has 0 aliphatic carbocycles. The summed E-state index contributed by atoms with van der Waals surface area (Å²) in [5.74, 6) is 0. The molecule has 6 nitrogen and oxygen atoms in total. The van der Waals surface area contributed by atoms with Crippen LogP contribution in [0.1, 0.15) is 0 Å². The molecular weight excluding hydrogens is 1050 g/mol. The second-order valence-corrected chi connectivity index (χ2v) is 23.1. The van der Waals surface area contributed by atoms with E-state index in [1.807, 2.05) is 18.2 Å². The van der Waals surface area contributed by atoms with Crippen molar-refractivity contribution in [2.24, 2.45) is 0 Å². The Morgan fingerprint density at radius 2 is 0.628 bits per heavy atom. The highest BCUT2D eigenvalue weighted by molar-refractivity contribution is 6.32. The third-order valence-corrected chi connectivity index (χ3v) is 18.6. The quantitative estimate of drug-likeness (QED) is 0.155. The molecule has 20 rings (SSSR count). The lowest BCUT2D eigenvalue weighted by Crippen LogP contribution is -2.10. The number of anilines is 6. The van der Waals surface area contributed by atoms with E-state index in [0.29, 0.717) is 0 Å². The molecule has 15 aromatic carbocycles. The maximum Gasteiger partial charge on any atom is 0.143 e. The normalized spacial score (nSPS) is 12.4. The van der Waals surface area contributed by atoms with Gasteiger partial charge in [0.25, 0.3) is 0 Å². The molecular formula is C80H45N3O3. The van der Waals surface area contributed by atoms with Crippen LogP contribution in [-0.4, -0.2) is 4.40 Å². The summed E-state index contributed by atoms with van der Waals surface area (Å²) >= 11 is 0. The smallest absolute Gasteiger partial charge is 0.143 e. The van der Waals surface area contributed by atoms with Crippen LogP contribution in [0.25, 0.3) is 158 Å². The third kappa shape index (κ3) is 6.33. The summed E-state index contributed by atoms with van der Waals surface area (Å²) in [6.07, 6.45) is 0. The number of aromatic nitrogens is 1. The lowest BCUT2D eigenvalue weighted by atomic mass is 9.99. The van der Waals surface area contributed by atoms with Gasteiger partial charge >= 0.3 is 0 Å². The molecule has 0 atom stereocenters. The molecule has 0 bridgehead atoms. The molecule has 0 radical (unpaired) electrons. The lowest BCUT2D eigenvalue weighted by Gasteiger charge is -2.27. The zero-order valence-corrected chi connectivity index (χ0v) is 46.0. The largest absolute Gasteiger partial charge is 0.456 e. The van der Waals surface area contributed by atoms with Crippen LogP contribution < -0.4 is 9.80 Å². The van der Waals surface area contributed by atoms with Crippen LogP contribution >= 0.6 is 0 Å². The average Bonchev–Trinajstić information content (AvgIpc) is 1.59. The van der Waals surface area contributed by atoms with Crippen molar-refractivity contribution in [3.8, 4) is 0 Å². The molecule has 0 aliphatic heterocycles. The molecule has 0 spiro atoms. The second-order valence-electron chi connectivity index (χ2n) is 23.1. The van der Waals surface area contributed by atoms with Crippen LogP contribution in [0.2, 0.25) is 0 Å². The number of benzene rings is 15.